The maximum absolute atomic E-state index is 13.4. The molecule has 4 rings (SSSR count). The average molecular weight is 511 g/mol. The molecule has 0 saturated heterocycles. The largest absolute Gasteiger partial charge is 0.483 e. The van der Waals surface area contributed by atoms with Crippen LogP contribution in [0, 0.1) is 6.92 Å². The Morgan fingerprint density at radius 1 is 0.868 bits per heavy atom. The summed E-state index contributed by atoms with van der Waals surface area (Å²) in [6.07, 6.45) is 5.33. The number of carbonyl (C=O) groups is 2. The van der Waals surface area contributed by atoms with Crippen LogP contribution in [0.15, 0.2) is 66.7 Å². The monoisotopic (exact) mass is 510 g/mol. The number of fused-ring (bicyclic) bond motifs is 1. The molecule has 0 radical (unpaired) electrons. The number of hydrogen-bond donors (Lipinski definition) is 1. The molecular weight excluding hydrogens is 472 g/mol. The molecule has 0 unspecified atom stereocenters. The lowest BCUT2D eigenvalue weighted by atomic mass is 9.62. The lowest BCUT2D eigenvalue weighted by Gasteiger charge is -2.44. The first-order valence-corrected chi connectivity index (χ1v) is 13.2. The fraction of sp³-hybridized carbons (Fsp3) is 0.353. The van der Waals surface area contributed by atoms with E-state index in [2.05, 4.69) is 72.7 Å². The van der Waals surface area contributed by atoms with Gasteiger partial charge in [-0.1, -0.05) is 75.7 Å². The van der Waals surface area contributed by atoms with Crippen molar-refractivity contribution < 1.29 is 19.4 Å². The lowest BCUT2D eigenvalue weighted by molar-refractivity contribution is 0.0696. The van der Waals surface area contributed by atoms with E-state index >= 15 is 0 Å². The maximum Gasteiger partial charge on any atom is 0.335 e. The number of rotatable bonds is 7. The summed E-state index contributed by atoms with van der Waals surface area (Å²) in [5, 5.41) is 9.13. The van der Waals surface area contributed by atoms with Crippen molar-refractivity contribution in [2.45, 2.75) is 77.7 Å². The van der Waals surface area contributed by atoms with Crippen LogP contribution in [0.5, 0.6) is 5.75 Å². The van der Waals surface area contributed by atoms with Gasteiger partial charge < -0.3 is 9.84 Å². The van der Waals surface area contributed by atoms with Crippen LogP contribution in [0.25, 0.3) is 6.08 Å². The van der Waals surface area contributed by atoms with Crippen molar-refractivity contribution in [2.24, 2.45) is 0 Å². The SMILES string of the molecule is Cc1ccc(C(C)(C)Oc2cc(C(=O)/C=C/c3ccc(C(=O)O)cc3)cc3c2C(C)(C)CCC3(C)C)cc1. The Hall–Kier alpha value is -3.66. The van der Waals surface area contributed by atoms with Gasteiger partial charge in [0.2, 0.25) is 0 Å². The highest BCUT2D eigenvalue weighted by molar-refractivity contribution is 6.07. The summed E-state index contributed by atoms with van der Waals surface area (Å²) in [4.78, 5) is 24.6. The standard InChI is InChI=1S/C34H38O4/c1-22-8-15-26(16-9-22)34(6,7)38-29-21-25(20-27-30(29)33(4,5)19-18-32(27,2)3)28(35)17-12-23-10-13-24(14-11-23)31(36)37/h8-17,20-21H,18-19H2,1-7H3,(H,36,37)/b17-12+. The molecule has 4 heteroatoms. The van der Waals surface area contributed by atoms with Crippen molar-refractivity contribution in [1.82, 2.24) is 0 Å². The van der Waals surface area contributed by atoms with Crippen molar-refractivity contribution in [3.05, 3.63) is 106 Å². The molecule has 0 spiro atoms. The van der Waals surface area contributed by atoms with Crippen molar-refractivity contribution in [3.63, 3.8) is 0 Å². The van der Waals surface area contributed by atoms with Gasteiger partial charge in [0.25, 0.3) is 0 Å². The van der Waals surface area contributed by atoms with Gasteiger partial charge in [-0.15, -0.1) is 0 Å². The van der Waals surface area contributed by atoms with E-state index in [-0.39, 0.29) is 22.2 Å². The molecule has 0 fully saturated rings. The molecule has 38 heavy (non-hydrogen) atoms. The van der Waals surface area contributed by atoms with Crippen LogP contribution in [0.1, 0.15) is 103 Å². The summed E-state index contributed by atoms with van der Waals surface area (Å²) < 4.78 is 6.81. The second kappa shape index (κ2) is 9.90. The highest BCUT2D eigenvalue weighted by atomic mass is 16.5. The van der Waals surface area contributed by atoms with E-state index in [1.165, 1.54) is 23.3 Å². The summed E-state index contributed by atoms with van der Waals surface area (Å²) in [7, 11) is 0. The van der Waals surface area contributed by atoms with Crippen molar-refractivity contribution in [2.75, 3.05) is 0 Å². The van der Waals surface area contributed by atoms with Gasteiger partial charge >= 0.3 is 5.97 Å². The number of aryl methyl sites for hydroxylation is 1. The van der Waals surface area contributed by atoms with Gasteiger partial charge in [-0.05, 0) is 91.5 Å². The molecule has 0 aromatic heterocycles. The first-order valence-electron chi connectivity index (χ1n) is 13.2. The average Bonchev–Trinajstić information content (AvgIpc) is 2.85. The minimum absolute atomic E-state index is 0.0904. The highest BCUT2D eigenvalue weighted by Crippen LogP contribution is 2.51. The highest BCUT2D eigenvalue weighted by Gasteiger charge is 2.41. The van der Waals surface area contributed by atoms with Crippen molar-refractivity contribution in [1.29, 1.82) is 0 Å². The van der Waals surface area contributed by atoms with Gasteiger partial charge in [0.1, 0.15) is 11.4 Å². The Morgan fingerprint density at radius 3 is 2.08 bits per heavy atom. The van der Waals surface area contributed by atoms with Crippen molar-refractivity contribution in [3.8, 4) is 5.75 Å². The van der Waals surface area contributed by atoms with Gasteiger partial charge in [0.15, 0.2) is 5.78 Å². The summed E-state index contributed by atoms with van der Waals surface area (Å²) in [6.45, 7) is 15.2. The van der Waals surface area contributed by atoms with Crippen molar-refractivity contribution >= 4 is 17.8 Å². The molecule has 4 nitrogen and oxygen atoms in total. The van der Waals surface area contributed by atoms with E-state index in [0.29, 0.717) is 5.56 Å². The summed E-state index contributed by atoms with van der Waals surface area (Å²) in [5.41, 5.74) is 5.40. The smallest absolute Gasteiger partial charge is 0.335 e. The third kappa shape index (κ3) is 5.60. The Bertz CT molecular complexity index is 1390. The second-order valence-electron chi connectivity index (χ2n) is 12.3. The van der Waals surface area contributed by atoms with Gasteiger partial charge in [0, 0.05) is 11.1 Å². The molecule has 0 bridgehead atoms. The molecule has 198 valence electrons. The minimum Gasteiger partial charge on any atom is -0.483 e. The number of hydrogen-bond acceptors (Lipinski definition) is 3. The summed E-state index contributed by atoms with van der Waals surface area (Å²) >= 11 is 0. The quantitative estimate of drug-likeness (QED) is 0.257. The van der Waals surface area contributed by atoms with Crippen LogP contribution in [-0.4, -0.2) is 16.9 Å². The van der Waals surface area contributed by atoms with E-state index in [9.17, 15) is 9.59 Å². The number of aromatic carboxylic acids is 1. The first-order chi connectivity index (χ1) is 17.7. The van der Waals surface area contributed by atoms with E-state index in [1.54, 1.807) is 24.3 Å². The van der Waals surface area contributed by atoms with Crippen LogP contribution < -0.4 is 4.74 Å². The number of carboxylic acid groups (broad SMARTS) is 1. The van der Waals surface area contributed by atoms with Gasteiger partial charge in [-0.25, -0.2) is 4.79 Å². The minimum atomic E-state index is -0.975. The zero-order valence-electron chi connectivity index (χ0n) is 23.5. The Kier molecular flexibility index (Phi) is 7.13. The van der Waals surface area contributed by atoms with Crippen LogP contribution in [0.4, 0.5) is 0 Å². The number of ketones is 1. The van der Waals surface area contributed by atoms with E-state index in [1.807, 2.05) is 12.1 Å². The predicted molar refractivity (Wildman–Crippen MR) is 153 cm³/mol. The molecule has 0 heterocycles. The molecule has 3 aromatic rings. The molecular formula is C34H38O4. The van der Waals surface area contributed by atoms with Crippen LogP contribution >= 0.6 is 0 Å². The molecule has 1 aliphatic rings. The van der Waals surface area contributed by atoms with Gasteiger partial charge in [-0.3, -0.25) is 4.79 Å². The summed E-state index contributed by atoms with van der Waals surface area (Å²) in [6, 6.07) is 18.8. The number of carbonyl (C=O) groups excluding carboxylic acids is 1. The fourth-order valence-corrected chi connectivity index (χ4v) is 5.25. The maximum atomic E-state index is 13.4. The second-order valence-corrected chi connectivity index (χ2v) is 12.3. The molecule has 0 aliphatic heterocycles. The van der Waals surface area contributed by atoms with Crippen LogP contribution in [0.2, 0.25) is 0 Å². The van der Waals surface area contributed by atoms with E-state index < -0.39 is 11.6 Å². The molecule has 0 amide bonds. The number of carboxylic acids is 1. The topological polar surface area (TPSA) is 63.6 Å². The van der Waals surface area contributed by atoms with E-state index in [0.717, 1.165) is 35.3 Å². The zero-order chi connectivity index (χ0) is 27.9. The third-order valence-corrected chi connectivity index (χ3v) is 7.86. The Balaban J connectivity index is 1.77. The zero-order valence-corrected chi connectivity index (χ0v) is 23.5. The van der Waals surface area contributed by atoms with Crippen LogP contribution in [0.3, 0.4) is 0 Å². The van der Waals surface area contributed by atoms with Crippen LogP contribution in [-0.2, 0) is 16.4 Å². The fourth-order valence-electron chi connectivity index (χ4n) is 5.25. The Morgan fingerprint density at radius 2 is 1.47 bits per heavy atom. The normalized spacial score (nSPS) is 16.2. The number of ether oxygens (including phenoxy) is 1. The number of allylic oxidation sites excluding steroid dienone is 1. The molecule has 3 aromatic carbocycles. The lowest BCUT2D eigenvalue weighted by Crippen LogP contribution is -2.36. The third-order valence-electron chi connectivity index (χ3n) is 7.86. The summed E-state index contributed by atoms with van der Waals surface area (Å²) in [5.74, 6) is -0.335. The predicted octanol–water partition coefficient (Wildman–Crippen LogP) is 8.25. The van der Waals surface area contributed by atoms with Gasteiger partial charge in [-0.2, -0.15) is 0 Å². The Labute approximate surface area is 226 Å². The van der Waals surface area contributed by atoms with Gasteiger partial charge in [0.05, 0.1) is 5.56 Å². The molecule has 1 N–H and O–H groups in total. The number of benzene rings is 3. The van der Waals surface area contributed by atoms with E-state index in [4.69, 9.17) is 9.84 Å². The molecule has 1 aliphatic carbocycles. The molecule has 0 saturated carbocycles. The molecule has 0 atom stereocenters. The first kappa shape index (κ1) is 27.4.